The van der Waals surface area contributed by atoms with E-state index in [4.69, 9.17) is 0 Å². The molecule has 3 rings (SSSR count). The van der Waals surface area contributed by atoms with E-state index in [9.17, 15) is 0 Å². The van der Waals surface area contributed by atoms with Crippen molar-refractivity contribution < 1.29 is 0 Å². The minimum absolute atomic E-state index is 0.444. The summed E-state index contributed by atoms with van der Waals surface area (Å²) in [4.78, 5) is 0. The first kappa shape index (κ1) is 12.8. The average molecular weight is 284 g/mol. The molecule has 0 radical (unpaired) electrons. The fourth-order valence-corrected chi connectivity index (χ4v) is 4.65. The number of benzene rings is 2. The highest BCUT2D eigenvalue weighted by atomic mass is 32.2. The lowest BCUT2D eigenvalue weighted by Crippen LogP contribution is -1.95. The monoisotopic (exact) mass is 284 g/mol. The lowest BCUT2D eigenvalue weighted by Gasteiger charge is -2.13. The van der Waals surface area contributed by atoms with Crippen LogP contribution >= 0.6 is 23.1 Å². The third-order valence-corrected chi connectivity index (χ3v) is 5.84. The molecule has 2 aromatic carbocycles. The maximum atomic E-state index is 2.31. The van der Waals surface area contributed by atoms with Crippen LogP contribution in [0.1, 0.15) is 24.0 Å². The van der Waals surface area contributed by atoms with Gasteiger partial charge < -0.3 is 0 Å². The molecule has 3 aromatic rings. The second-order valence-electron chi connectivity index (χ2n) is 4.64. The van der Waals surface area contributed by atoms with Gasteiger partial charge in [0.05, 0.1) is 4.21 Å². The van der Waals surface area contributed by atoms with Crippen LogP contribution in [0.2, 0.25) is 0 Å². The molecule has 1 heterocycles. The summed E-state index contributed by atoms with van der Waals surface area (Å²) < 4.78 is 2.84. The highest BCUT2D eigenvalue weighted by Crippen LogP contribution is 2.42. The molecule has 0 aliphatic rings. The number of thiophene rings is 1. The van der Waals surface area contributed by atoms with Crippen LogP contribution in [0.15, 0.2) is 58.8 Å². The van der Waals surface area contributed by atoms with Crippen LogP contribution in [-0.2, 0) is 0 Å². The highest BCUT2D eigenvalue weighted by molar-refractivity contribution is 8.00. The summed E-state index contributed by atoms with van der Waals surface area (Å²) in [6.07, 6.45) is 2.17. The minimum atomic E-state index is 0.444. The SMILES string of the molecule is CSc1sc2ccccc2c1C(C)c1ccccc1. The zero-order valence-electron chi connectivity index (χ0n) is 11.1. The summed E-state index contributed by atoms with van der Waals surface area (Å²) in [6.45, 7) is 2.31. The summed E-state index contributed by atoms with van der Waals surface area (Å²) in [5.74, 6) is 0.444. The first-order valence-electron chi connectivity index (χ1n) is 6.41. The largest absolute Gasteiger partial charge is 0.129 e. The van der Waals surface area contributed by atoms with Gasteiger partial charge in [0.25, 0.3) is 0 Å². The maximum Gasteiger partial charge on any atom is 0.0646 e. The molecule has 19 heavy (non-hydrogen) atoms. The van der Waals surface area contributed by atoms with E-state index < -0.39 is 0 Å². The third kappa shape index (κ3) is 2.31. The molecule has 0 N–H and O–H groups in total. The Morgan fingerprint density at radius 2 is 1.63 bits per heavy atom. The molecule has 96 valence electrons. The molecule has 1 aromatic heterocycles. The molecule has 1 unspecified atom stereocenters. The van der Waals surface area contributed by atoms with Crippen molar-refractivity contribution in [3.8, 4) is 0 Å². The predicted molar refractivity (Wildman–Crippen MR) is 87.6 cm³/mol. The van der Waals surface area contributed by atoms with E-state index in [0.29, 0.717) is 5.92 Å². The fourth-order valence-electron chi connectivity index (χ4n) is 2.51. The average Bonchev–Trinajstić information content (AvgIpc) is 2.86. The van der Waals surface area contributed by atoms with Crippen molar-refractivity contribution in [3.05, 3.63) is 65.7 Å². The quantitative estimate of drug-likeness (QED) is 0.550. The van der Waals surface area contributed by atoms with Crippen molar-refractivity contribution in [1.29, 1.82) is 0 Å². The zero-order chi connectivity index (χ0) is 13.2. The van der Waals surface area contributed by atoms with Gasteiger partial charge in [0, 0.05) is 10.6 Å². The van der Waals surface area contributed by atoms with Gasteiger partial charge in [-0.3, -0.25) is 0 Å². The van der Waals surface area contributed by atoms with Gasteiger partial charge in [-0.1, -0.05) is 55.5 Å². The van der Waals surface area contributed by atoms with Crippen LogP contribution in [0.4, 0.5) is 0 Å². The van der Waals surface area contributed by atoms with E-state index in [1.54, 1.807) is 0 Å². The molecule has 1 atom stereocenters. The van der Waals surface area contributed by atoms with Gasteiger partial charge in [-0.15, -0.1) is 23.1 Å². The van der Waals surface area contributed by atoms with E-state index in [1.807, 2.05) is 23.1 Å². The van der Waals surface area contributed by atoms with Gasteiger partial charge in [-0.05, 0) is 28.8 Å². The smallest absolute Gasteiger partial charge is 0.0646 e. The lowest BCUT2D eigenvalue weighted by molar-refractivity contribution is 0.918. The van der Waals surface area contributed by atoms with Crippen LogP contribution in [0.3, 0.4) is 0 Å². The molecule has 0 amide bonds. The first-order valence-corrected chi connectivity index (χ1v) is 8.45. The van der Waals surface area contributed by atoms with E-state index in [-0.39, 0.29) is 0 Å². The van der Waals surface area contributed by atoms with Gasteiger partial charge >= 0.3 is 0 Å². The van der Waals surface area contributed by atoms with Gasteiger partial charge in [-0.2, -0.15) is 0 Å². The number of rotatable bonds is 3. The second kappa shape index (κ2) is 5.40. The molecule has 0 spiro atoms. The van der Waals surface area contributed by atoms with E-state index in [0.717, 1.165) is 0 Å². The Bertz CT molecular complexity index is 683. The van der Waals surface area contributed by atoms with E-state index in [2.05, 4.69) is 67.8 Å². The van der Waals surface area contributed by atoms with Crippen molar-refractivity contribution in [3.63, 3.8) is 0 Å². The van der Waals surface area contributed by atoms with Crippen LogP contribution in [0, 0.1) is 0 Å². The standard InChI is InChI=1S/C17H16S2/c1-12(13-8-4-3-5-9-13)16-14-10-6-7-11-15(14)19-17(16)18-2/h3-12H,1-2H3. The normalized spacial score (nSPS) is 12.7. The Morgan fingerprint density at radius 1 is 0.947 bits per heavy atom. The molecule has 0 aliphatic heterocycles. The predicted octanol–water partition coefficient (Wildman–Crippen LogP) is 5.78. The summed E-state index contributed by atoms with van der Waals surface area (Å²) >= 11 is 3.77. The van der Waals surface area contributed by atoms with Crippen molar-refractivity contribution in [2.45, 2.75) is 17.1 Å². The van der Waals surface area contributed by atoms with Crippen molar-refractivity contribution in [2.75, 3.05) is 6.26 Å². The molecular formula is C17H16S2. The number of fused-ring (bicyclic) bond motifs is 1. The molecule has 0 bridgehead atoms. The third-order valence-electron chi connectivity index (χ3n) is 3.52. The van der Waals surface area contributed by atoms with Crippen molar-refractivity contribution in [2.24, 2.45) is 0 Å². The topological polar surface area (TPSA) is 0 Å². The number of hydrogen-bond acceptors (Lipinski definition) is 2. The Labute approximate surface area is 122 Å². The van der Waals surface area contributed by atoms with Crippen LogP contribution in [-0.4, -0.2) is 6.26 Å². The van der Waals surface area contributed by atoms with Crippen LogP contribution < -0.4 is 0 Å². The number of thioether (sulfide) groups is 1. The first-order chi connectivity index (χ1) is 9.31. The lowest BCUT2D eigenvalue weighted by atomic mass is 9.93. The van der Waals surface area contributed by atoms with Crippen LogP contribution in [0.5, 0.6) is 0 Å². The summed E-state index contributed by atoms with van der Waals surface area (Å²) in [5, 5.41) is 1.41. The summed E-state index contributed by atoms with van der Waals surface area (Å²) in [7, 11) is 0. The highest BCUT2D eigenvalue weighted by Gasteiger charge is 2.18. The maximum absolute atomic E-state index is 2.31. The van der Waals surface area contributed by atoms with Gasteiger partial charge in [-0.25, -0.2) is 0 Å². The summed E-state index contributed by atoms with van der Waals surface area (Å²) in [6, 6.07) is 19.5. The molecule has 0 saturated carbocycles. The van der Waals surface area contributed by atoms with E-state index in [1.165, 1.54) is 25.4 Å². The molecule has 0 fully saturated rings. The zero-order valence-corrected chi connectivity index (χ0v) is 12.7. The Hall–Kier alpha value is -1.25. The fraction of sp³-hybridized carbons (Fsp3) is 0.176. The molecule has 0 nitrogen and oxygen atoms in total. The molecular weight excluding hydrogens is 268 g/mol. The molecule has 0 aliphatic carbocycles. The Kier molecular flexibility index (Phi) is 3.63. The van der Waals surface area contributed by atoms with Gasteiger partial charge in [0.1, 0.15) is 0 Å². The van der Waals surface area contributed by atoms with Gasteiger partial charge in [0.2, 0.25) is 0 Å². The van der Waals surface area contributed by atoms with E-state index >= 15 is 0 Å². The Balaban J connectivity index is 2.18. The number of hydrogen-bond donors (Lipinski definition) is 0. The Morgan fingerprint density at radius 3 is 2.37 bits per heavy atom. The minimum Gasteiger partial charge on any atom is -0.129 e. The van der Waals surface area contributed by atoms with Gasteiger partial charge in [0.15, 0.2) is 0 Å². The summed E-state index contributed by atoms with van der Waals surface area (Å²) in [5.41, 5.74) is 2.88. The second-order valence-corrected chi connectivity index (χ2v) is 6.76. The molecule has 0 saturated heterocycles. The van der Waals surface area contributed by atoms with Crippen LogP contribution in [0.25, 0.3) is 10.1 Å². The van der Waals surface area contributed by atoms with Crippen molar-refractivity contribution in [1.82, 2.24) is 0 Å². The molecule has 2 heteroatoms. The van der Waals surface area contributed by atoms with Crippen molar-refractivity contribution >= 4 is 33.2 Å².